The molecule has 3 aromatic heterocycles. The van der Waals surface area contributed by atoms with Gasteiger partial charge in [-0.2, -0.15) is 0 Å². The molecule has 3 aromatic rings. The second kappa shape index (κ2) is 7.21. The predicted octanol–water partition coefficient (Wildman–Crippen LogP) is 1.46. The Labute approximate surface area is 169 Å². The zero-order valence-corrected chi connectivity index (χ0v) is 18.2. The Morgan fingerprint density at radius 1 is 1.14 bits per heavy atom. The average Bonchev–Trinajstić information content (AvgIpc) is 3.21. The van der Waals surface area contributed by atoms with Gasteiger partial charge in [-0.15, -0.1) is 11.3 Å². The minimum absolute atomic E-state index is 0.0799. The summed E-state index contributed by atoms with van der Waals surface area (Å²) in [5, 5.41) is 5.76. The first-order valence-electron chi connectivity index (χ1n) is 8.51. The Hall–Kier alpha value is -2.40. The molecule has 0 bridgehead atoms. The molecule has 0 saturated heterocycles. The fourth-order valence-corrected chi connectivity index (χ4v) is 4.31. The molecule has 0 atom stereocenters. The number of imidazole rings is 1. The molecule has 3 heterocycles. The van der Waals surface area contributed by atoms with E-state index in [-0.39, 0.29) is 17.1 Å². The Bertz CT molecular complexity index is 1180. The van der Waals surface area contributed by atoms with Crippen molar-refractivity contribution >= 4 is 45.3 Å². The summed E-state index contributed by atoms with van der Waals surface area (Å²) in [6, 6.07) is 0. The summed E-state index contributed by atoms with van der Waals surface area (Å²) in [6.07, 6.45) is 0. The van der Waals surface area contributed by atoms with Crippen molar-refractivity contribution < 1.29 is 4.79 Å². The van der Waals surface area contributed by atoms with Gasteiger partial charge in [0.05, 0.1) is 11.4 Å². The van der Waals surface area contributed by atoms with Gasteiger partial charge in [0.15, 0.2) is 21.5 Å². The third-order valence-electron chi connectivity index (χ3n) is 4.29. The monoisotopic (exact) mass is 422 g/mol. The first kappa shape index (κ1) is 20.3. The molecule has 0 aliphatic heterocycles. The minimum atomic E-state index is -0.441. The number of nitrogens with zero attached hydrogens (tertiary/aromatic N) is 5. The lowest BCUT2D eigenvalue weighted by molar-refractivity contribution is -0.113. The van der Waals surface area contributed by atoms with Crippen molar-refractivity contribution in [2.24, 2.45) is 21.1 Å². The number of thiazole rings is 1. The highest BCUT2D eigenvalue weighted by atomic mass is 32.2. The van der Waals surface area contributed by atoms with Crippen LogP contribution in [0.2, 0.25) is 0 Å². The number of nitrogens with one attached hydrogen (secondary N) is 1. The quantitative estimate of drug-likeness (QED) is 0.639. The number of aryl methyl sites for hydroxylation is 2. The normalized spacial score (nSPS) is 11.9. The molecule has 9 nitrogen and oxygen atoms in total. The largest absolute Gasteiger partial charge is 0.332 e. The zero-order valence-electron chi connectivity index (χ0n) is 16.6. The number of carbonyl (C=O) groups excluding carboxylic acids is 1. The zero-order chi connectivity index (χ0) is 20.8. The lowest BCUT2D eigenvalue weighted by Gasteiger charge is -2.14. The number of hydrogen-bond donors (Lipinski definition) is 1. The van der Waals surface area contributed by atoms with E-state index in [1.807, 2.05) is 5.38 Å². The molecule has 1 amide bonds. The Balaban J connectivity index is 1.78. The standard InChI is InChI=1S/C17H22N6O3S2/c1-17(2,3)9-7-27-14(18-9)19-10(24)8-28-15-20-12-11(21(15)4)13(25)23(6)16(26)22(12)5/h7H,8H2,1-6H3,(H,18,19,24). The van der Waals surface area contributed by atoms with Crippen molar-refractivity contribution in [3.63, 3.8) is 0 Å². The van der Waals surface area contributed by atoms with Crippen molar-refractivity contribution in [1.29, 1.82) is 0 Å². The van der Waals surface area contributed by atoms with E-state index in [0.29, 0.717) is 21.5 Å². The van der Waals surface area contributed by atoms with Crippen molar-refractivity contribution in [3.8, 4) is 0 Å². The second-order valence-corrected chi connectivity index (χ2v) is 9.26. The number of hydrogen-bond acceptors (Lipinski definition) is 7. The molecule has 0 aromatic carbocycles. The summed E-state index contributed by atoms with van der Waals surface area (Å²) >= 11 is 2.58. The maximum absolute atomic E-state index is 12.4. The van der Waals surface area contributed by atoms with Crippen LogP contribution in [0, 0.1) is 0 Å². The summed E-state index contributed by atoms with van der Waals surface area (Å²) in [5.74, 6) is -0.107. The highest BCUT2D eigenvalue weighted by molar-refractivity contribution is 7.99. The number of thioether (sulfide) groups is 1. The lowest BCUT2D eigenvalue weighted by atomic mass is 9.93. The molecule has 3 rings (SSSR count). The van der Waals surface area contributed by atoms with Gasteiger partial charge < -0.3 is 9.88 Å². The molecule has 0 fully saturated rings. The first-order valence-corrected chi connectivity index (χ1v) is 10.4. The van der Waals surface area contributed by atoms with Crippen LogP contribution in [-0.4, -0.2) is 35.3 Å². The van der Waals surface area contributed by atoms with Gasteiger partial charge in [0.25, 0.3) is 5.56 Å². The summed E-state index contributed by atoms with van der Waals surface area (Å²) in [4.78, 5) is 45.6. The van der Waals surface area contributed by atoms with Gasteiger partial charge in [-0.3, -0.25) is 18.7 Å². The smallest absolute Gasteiger partial charge is 0.316 e. The molecule has 0 saturated carbocycles. The molecule has 1 N–H and O–H groups in total. The van der Waals surface area contributed by atoms with Gasteiger partial charge in [-0.1, -0.05) is 32.5 Å². The summed E-state index contributed by atoms with van der Waals surface area (Å²) in [5.41, 5.74) is 0.608. The lowest BCUT2D eigenvalue weighted by Crippen LogP contribution is -2.37. The van der Waals surface area contributed by atoms with Crippen LogP contribution in [0.25, 0.3) is 11.2 Å². The maximum Gasteiger partial charge on any atom is 0.332 e. The number of fused-ring (bicyclic) bond motifs is 1. The van der Waals surface area contributed by atoms with Gasteiger partial charge in [-0.05, 0) is 0 Å². The number of aromatic nitrogens is 5. The van der Waals surface area contributed by atoms with Crippen LogP contribution in [0.1, 0.15) is 26.5 Å². The van der Waals surface area contributed by atoms with E-state index in [1.54, 1.807) is 18.7 Å². The molecule has 0 aliphatic rings. The van der Waals surface area contributed by atoms with E-state index in [9.17, 15) is 14.4 Å². The molecule has 0 spiro atoms. The van der Waals surface area contributed by atoms with E-state index >= 15 is 0 Å². The van der Waals surface area contributed by atoms with Crippen molar-refractivity contribution in [2.45, 2.75) is 31.3 Å². The minimum Gasteiger partial charge on any atom is -0.316 e. The van der Waals surface area contributed by atoms with E-state index < -0.39 is 11.2 Å². The van der Waals surface area contributed by atoms with Crippen LogP contribution in [0.15, 0.2) is 20.1 Å². The molecule has 0 radical (unpaired) electrons. The van der Waals surface area contributed by atoms with E-state index in [4.69, 9.17) is 0 Å². The molecular weight excluding hydrogens is 400 g/mol. The molecule has 150 valence electrons. The van der Waals surface area contributed by atoms with Crippen LogP contribution in [0.3, 0.4) is 0 Å². The molecular formula is C17H22N6O3S2. The van der Waals surface area contributed by atoms with Gasteiger partial charge >= 0.3 is 5.69 Å². The van der Waals surface area contributed by atoms with Crippen LogP contribution < -0.4 is 16.6 Å². The number of carbonyl (C=O) groups is 1. The third kappa shape index (κ3) is 3.63. The van der Waals surface area contributed by atoms with Crippen molar-refractivity contribution in [1.82, 2.24) is 23.7 Å². The van der Waals surface area contributed by atoms with E-state index in [1.165, 1.54) is 34.7 Å². The molecule has 0 aliphatic carbocycles. The Morgan fingerprint density at radius 3 is 2.43 bits per heavy atom. The van der Waals surface area contributed by atoms with Gasteiger partial charge in [0.2, 0.25) is 5.91 Å². The molecule has 11 heteroatoms. The summed E-state index contributed by atoms with van der Waals surface area (Å²) in [7, 11) is 4.68. The average molecular weight is 423 g/mol. The second-order valence-electron chi connectivity index (χ2n) is 7.46. The number of anilines is 1. The number of rotatable bonds is 4. The molecule has 28 heavy (non-hydrogen) atoms. The summed E-state index contributed by atoms with van der Waals surface area (Å²) < 4.78 is 3.97. The molecule has 0 unspecified atom stereocenters. The SMILES string of the molecule is Cn1c(=O)c2c(nc(SCC(=O)Nc3nc(C(C)(C)C)cs3)n2C)n(C)c1=O. The Morgan fingerprint density at radius 2 is 1.82 bits per heavy atom. The van der Waals surface area contributed by atoms with Crippen LogP contribution >= 0.6 is 23.1 Å². The van der Waals surface area contributed by atoms with Gasteiger partial charge in [0, 0.05) is 31.9 Å². The number of amides is 1. The maximum atomic E-state index is 12.4. The topological polar surface area (TPSA) is 104 Å². The highest BCUT2D eigenvalue weighted by Gasteiger charge is 2.20. The van der Waals surface area contributed by atoms with Crippen LogP contribution in [-0.2, 0) is 31.4 Å². The van der Waals surface area contributed by atoms with Crippen LogP contribution in [0.5, 0.6) is 0 Å². The van der Waals surface area contributed by atoms with Crippen LogP contribution in [0.4, 0.5) is 5.13 Å². The third-order valence-corrected chi connectivity index (χ3v) is 6.07. The first-order chi connectivity index (χ1) is 13.0. The Kier molecular flexibility index (Phi) is 5.24. The van der Waals surface area contributed by atoms with E-state index in [2.05, 4.69) is 36.1 Å². The highest BCUT2D eigenvalue weighted by Crippen LogP contribution is 2.26. The van der Waals surface area contributed by atoms with Gasteiger partial charge in [-0.25, -0.2) is 14.8 Å². The van der Waals surface area contributed by atoms with Crippen molar-refractivity contribution in [2.75, 3.05) is 11.1 Å². The predicted molar refractivity (Wildman–Crippen MR) is 111 cm³/mol. The van der Waals surface area contributed by atoms with Crippen molar-refractivity contribution in [3.05, 3.63) is 31.9 Å². The van der Waals surface area contributed by atoms with Gasteiger partial charge in [0.1, 0.15) is 0 Å². The fourth-order valence-electron chi connectivity index (χ4n) is 2.59. The fraction of sp³-hybridized carbons (Fsp3) is 0.471. The van der Waals surface area contributed by atoms with E-state index in [0.717, 1.165) is 10.3 Å². The summed E-state index contributed by atoms with van der Waals surface area (Å²) in [6.45, 7) is 6.19.